The number of hydrogen-bond donors (Lipinski definition) is 1. The molecular formula is C10H23N3. The molecule has 2 atom stereocenters. The molecule has 2 unspecified atom stereocenters. The molecule has 0 spiro atoms. The van der Waals surface area contributed by atoms with E-state index in [2.05, 4.69) is 43.2 Å². The van der Waals surface area contributed by atoms with Gasteiger partial charge in [-0.05, 0) is 41.0 Å². The van der Waals surface area contributed by atoms with Crippen LogP contribution in [0, 0.1) is 0 Å². The molecule has 3 heteroatoms. The van der Waals surface area contributed by atoms with Gasteiger partial charge in [-0.3, -0.25) is 0 Å². The van der Waals surface area contributed by atoms with Gasteiger partial charge in [0.1, 0.15) is 0 Å². The highest BCUT2D eigenvalue weighted by atomic mass is 15.2. The molecule has 0 saturated carbocycles. The first-order valence-corrected chi connectivity index (χ1v) is 5.18. The van der Waals surface area contributed by atoms with Crippen LogP contribution in [0.25, 0.3) is 0 Å². The van der Waals surface area contributed by atoms with Gasteiger partial charge in [0.15, 0.2) is 0 Å². The molecule has 0 aromatic heterocycles. The van der Waals surface area contributed by atoms with E-state index < -0.39 is 0 Å². The van der Waals surface area contributed by atoms with E-state index in [1.54, 1.807) is 0 Å². The molecule has 1 aliphatic rings. The van der Waals surface area contributed by atoms with Crippen molar-refractivity contribution in [2.45, 2.75) is 25.4 Å². The highest BCUT2D eigenvalue weighted by Crippen LogP contribution is 2.06. The zero-order valence-corrected chi connectivity index (χ0v) is 9.38. The maximum atomic E-state index is 3.59. The summed E-state index contributed by atoms with van der Waals surface area (Å²) in [5, 5.41) is 3.59. The Balaban J connectivity index is 2.39. The van der Waals surface area contributed by atoms with E-state index in [1.165, 1.54) is 13.0 Å². The molecule has 1 N–H and O–H groups in total. The fraction of sp³-hybridized carbons (Fsp3) is 1.00. The van der Waals surface area contributed by atoms with Crippen LogP contribution in [0.2, 0.25) is 0 Å². The third-order valence-electron chi connectivity index (χ3n) is 2.84. The van der Waals surface area contributed by atoms with Crippen molar-refractivity contribution in [1.82, 2.24) is 15.1 Å². The lowest BCUT2D eigenvalue weighted by Crippen LogP contribution is -2.44. The van der Waals surface area contributed by atoms with Crippen molar-refractivity contribution in [3.8, 4) is 0 Å². The molecule has 0 aromatic rings. The molecule has 0 aliphatic carbocycles. The maximum Gasteiger partial charge on any atom is 0.0322 e. The summed E-state index contributed by atoms with van der Waals surface area (Å²) < 4.78 is 0. The van der Waals surface area contributed by atoms with E-state index >= 15 is 0 Å². The molecule has 78 valence electrons. The van der Waals surface area contributed by atoms with Crippen LogP contribution in [0.4, 0.5) is 0 Å². The summed E-state index contributed by atoms with van der Waals surface area (Å²) in [6, 6.07) is 1.35. The quantitative estimate of drug-likeness (QED) is 0.664. The molecular weight excluding hydrogens is 162 g/mol. The third-order valence-corrected chi connectivity index (χ3v) is 2.84. The smallest absolute Gasteiger partial charge is 0.0322 e. The Labute approximate surface area is 82.1 Å². The fourth-order valence-electron chi connectivity index (χ4n) is 1.87. The monoisotopic (exact) mass is 185 g/mol. The molecule has 13 heavy (non-hydrogen) atoms. The lowest BCUT2D eigenvalue weighted by Gasteiger charge is -2.26. The molecule has 1 fully saturated rings. The van der Waals surface area contributed by atoms with Crippen LogP contribution in [-0.2, 0) is 0 Å². The van der Waals surface area contributed by atoms with Gasteiger partial charge in [0.05, 0.1) is 0 Å². The predicted molar refractivity (Wildman–Crippen MR) is 57.1 cm³/mol. The summed E-state index contributed by atoms with van der Waals surface area (Å²) in [5.74, 6) is 0. The van der Waals surface area contributed by atoms with Crippen molar-refractivity contribution in [3.05, 3.63) is 0 Å². The Morgan fingerprint density at radius 1 is 1.46 bits per heavy atom. The van der Waals surface area contributed by atoms with Crippen molar-refractivity contribution >= 4 is 0 Å². The van der Waals surface area contributed by atoms with E-state index in [4.69, 9.17) is 0 Å². The number of nitrogens with one attached hydrogen (secondary N) is 1. The second-order valence-electron chi connectivity index (χ2n) is 4.49. The molecule has 1 saturated heterocycles. The fourth-order valence-corrected chi connectivity index (χ4v) is 1.87. The Bertz CT molecular complexity index is 147. The minimum Gasteiger partial charge on any atom is -0.311 e. The normalized spacial score (nSPS) is 32.1. The van der Waals surface area contributed by atoms with Crippen LogP contribution in [0.3, 0.4) is 0 Å². The first-order valence-electron chi connectivity index (χ1n) is 5.18. The van der Waals surface area contributed by atoms with Gasteiger partial charge in [-0.15, -0.1) is 0 Å². The standard InChI is InChI=1S/C10H23N3/c1-9-5-6-11-10(7-12(2)3)8-13(9)4/h9-11H,5-8H2,1-4H3. The van der Waals surface area contributed by atoms with Gasteiger partial charge < -0.3 is 15.1 Å². The molecule has 1 aliphatic heterocycles. The average Bonchev–Trinajstić information content (AvgIpc) is 2.14. The molecule has 0 bridgehead atoms. The number of likely N-dealkylation sites (N-methyl/N-ethyl adjacent to an activating group) is 2. The van der Waals surface area contributed by atoms with Gasteiger partial charge in [-0.1, -0.05) is 0 Å². The Hall–Kier alpha value is -0.120. The highest BCUT2D eigenvalue weighted by molar-refractivity contribution is 4.80. The van der Waals surface area contributed by atoms with Crippen molar-refractivity contribution in [2.24, 2.45) is 0 Å². The Morgan fingerprint density at radius 2 is 2.15 bits per heavy atom. The molecule has 0 aromatic carbocycles. The minimum absolute atomic E-state index is 0.630. The SMILES string of the molecule is CC1CCNC(CN(C)C)CN1C. The third kappa shape index (κ3) is 3.63. The largest absolute Gasteiger partial charge is 0.311 e. The first kappa shape index (κ1) is 11.0. The lowest BCUT2D eigenvalue weighted by molar-refractivity contribution is 0.234. The van der Waals surface area contributed by atoms with Crippen molar-refractivity contribution < 1.29 is 0 Å². The summed E-state index contributed by atoms with van der Waals surface area (Å²) >= 11 is 0. The van der Waals surface area contributed by atoms with E-state index in [0.717, 1.165) is 19.1 Å². The van der Waals surface area contributed by atoms with Gasteiger partial charge in [0, 0.05) is 25.2 Å². The van der Waals surface area contributed by atoms with Crippen molar-refractivity contribution in [1.29, 1.82) is 0 Å². The molecule has 3 nitrogen and oxygen atoms in total. The van der Waals surface area contributed by atoms with Gasteiger partial charge in [-0.25, -0.2) is 0 Å². The maximum absolute atomic E-state index is 3.59. The highest BCUT2D eigenvalue weighted by Gasteiger charge is 2.19. The second kappa shape index (κ2) is 4.94. The average molecular weight is 185 g/mol. The molecule has 1 rings (SSSR count). The minimum atomic E-state index is 0.630. The molecule has 1 heterocycles. The van der Waals surface area contributed by atoms with Crippen LogP contribution in [0.15, 0.2) is 0 Å². The first-order chi connectivity index (χ1) is 6.09. The van der Waals surface area contributed by atoms with Gasteiger partial charge in [0.25, 0.3) is 0 Å². The summed E-state index contributed by atoms with van der Waals surface area (Å²) in [6.45, 7) is 5.76. The summed E-state index contributed by atoms with van der Waals surface area (Å²) in [7, 11) is 6.49. The Morgan fingerprint density at radius 3 is 2.77 bits per heavy atom. The molecule has 0 radical (unpaired) electrons. The molecule has 0 amide bonds. The van der Waals surface area contributed by atoms with E-state index in [-0.39, 0.29) is 0 Å². The van der Waals surface area contributed by atoms with E-state index in [1.807, 2.05) is 0 Å². The summed E-state index contributed by atoms with van der Waals surface area (Å²) in [4.78, 5) is 4.70. The van der Waals surface area contributed by atoms with Crippen LogP contribution in [0.1, 0.15) is 13.3 Å². The number of nitrogens with zero attached hydrogens (tertiary/aromatic N) is 2. The summed E-state index contributed by atoms with van der Waals surface area (Å²) in [5.41, 5.74) is 0. The van der Waals surface area contributed by atoms with Crippen molar-refractivity contribution in [2.75, 3.05) is 40.8 Å². The predicted octanol–water partition coefficient (Wildman–Crippen LogP) is 0.230. The number of hydrogen-bond acceptors (Lipinski definition) is 3. The van der Waals surface area contributed by atoms with Gasteiger partial charge in [0.2, 0.25) is 0 Å². The number of rotatable bonds is 2. The summed E-state index contributed by atoms with van der Waals surface area (Å²) in [6.07, 6.45) is 1.26. The van der Waals surface area contributed by atoms with Crippen molar-refractivity contribution in [3.63, 3.8) is 0 Å². The topological polar surface area (TPSA) is 18.5 Å². The van der Waals surface area contributed by atoms with Gasteiger partial charge in [-0.2, -0.15) is 0 Å². The van der Waals surface area contributed by atoms with Gasteiger partial charge >= 0.3 is 0 Å². The second-order valence-corrected chi connectivity index (χ2v) is 4.49. The van der Waals surface area contributed by atoms with Crippen LogP contribution < -0.4 is 5.32 Å². The van der Waals surface area contributed by atoms with Crippen LogP contribution >= 0.6 is 0 Å². The Kier molecular flexibility index (Phi) is 4.16. The van der Waals surface area contributed by atoms with E-state index in [0.29, 0.717) is 6.04 Å². The van der Waals surface area contributed by atoms with E-state index in [9.17, 15) is 0 Å². The van der Waals surface area contributed by atoms with Crippen LogP contribution in [0.5, 0.6) is 0 Å². The lowest BCUT2D eigenvalue weighted by atomic mass is 10.2. The zero-order chi connectivity index (χ0) is 9.84. The van der Waals surface area contributed by atoms with Crippen LogP contribution in [-0.4, -0.2) is 62.7 Å². The zero-order valence-electron chi connectivity index (χ0n) is 9.38.